The minimum absolute atomic E-state index is 0.330. The Morgan fingerprint density at radius 3 is 2.58 bits per heavy atom. The third-order valence-electron chi connectivity index (χ3n) is 7.79. The Kier molecular flexibility index (Phi) is 6.17. The fourth-order valence-electron chi connectivity index (χ4n) is 5.96. The van der Waals surface area contributed by atoms with Crippen molar-refractivity contribution in [3.63, 3.8) is 0 Å². The summed E-state index contributed by atoms with van der Waals surface area (Å²) in [5.41, 5.74) is 3.69. The summed E-state index contributed by atoms with van der Waals surface area (Å²) in [4.78, 5) is 24.7. The molecule has 4 heterocycles. The van der Waals surface area contributed by atoms with Crippen molar-refractivity contribution in [3.05, 3.63) is 30.2 Å². The summed E-state index contributed by atoms with van der Waals surface area (Å²) >= 11 is 0. The van der Waals surface area contributed by atoms with E-state index >= 15 is 0 Å². The number of aromatic nitrogens is 2. The van der Waals surface area contributed by atoms with Gasteiger partial charge in [-0.25, -0.2) is 4.98 Å². The van der Waals surface area contributed by atoms with Gasteiger partial charge in [-0.3, -0.25) is 4.79 Å². The van der Waals surface area contributed by atoms with Gasteiger partial charge in [0.05, 0.1) is 5.69 Å². The average molecular weight is 424 g/mol. The van der Waals surface area contributed by atoms with E-state index in [0.29, 0.717) is 11.8 Å². The molecule has 0 unspecified atom stereocenters. The molecule has 0 atom stereocenters. The van der Waals surface area contributed by atoms with Crippen LogP contribution < -0.4 is 4.90 Å². The largest absolute Gasteiger partial charge is 0.367 e. The predicted octanol–water partition coefficient (Wildman–Crippen LogP) is 3.58. The molecule has 6 nitrogen and oxygen atoms in total. The van der Waals surface area contributed by atoms with Gasteiger partial charge in [-0.15, -0.1) is 0 Å². The number of hydrogen-bond donors (Lipinski definition) is 0. The molecular formula is C25H37N5O. The highest BCUT2D eigenvalue weighted by Crippen LogP contribution is 2.29. The van der Waals surface area contributed by atoms with Crippen molar-refractivity contribution < 1.29 is 4.79 Å². The van der Waals surface area contributed by atoms with Gasteiger partial charge in [-0.2, -0.15) is 0 Å². The SMILES string of the molecule is Cc1ccn2ccnc2c1N1CCCN(CC2CCN(C(=O)C3CCCC3)CC2)CC1. The molecule has 0 radical (unpaired) electrons. The molecule has 3 aliphatic rings. The number of imidazole rings is 1. The van der Waals surface area contributed by atoms with Crippen LogP contribution in [0.3, 0.4) is 0 Å². The summed E-state index contributed by atoms with van der Waals surface area (Å²) in [6.45, 7) is 9.78. The van der Waals surface area contributed by atoms with Crippen molar-refractivity contribution in [1.29, 1.82) is 0 Å². The van der Waals surface area contributed by atoms with E-state index in [0.717, 1.165) is 57.1 Å². The number of fused-ring (bicyclic) bond motifs is 1. The van der Waals surface area contributed by atoms with E-state index in [4.69, 9.17) is 0 Å². The monoisotopic (exact) mass is 423 g/mol. The number of pyridine rings is 1. The van der Waals surface area contributed by atoms with E-state index in [1.54, 1.807) is 0 Å². The maximum absolute atomic E-state index is 12.7. The number of piperidine rings is 1. The van der Waals surface area contributed by atoms with Gasteiger partial charge in [0.15, 0.2) is 5.65 Å². The first-order valence-corrected chi connectivity index (χ1v) is 12.4. The Morgan fingerprint density at radius 1 is 0.968 bits per heavy atom. The van der Waals surface area contributed by atoms with Crippen molar-refractivity contribution >= 4 is 17.2 Å². The Morgan fingerprint density at radius 2 is 1.77 bits per heavy atom. The second-order valence-electron chi connectivity index (χ2n) is 9.90. The Balaban J connectivity index is 1.14. The first-order chi connectivity index (χ1) is 15.2. The highest BCUT2D eigenvalue weighted by Gasteiger charge is 2.30. The van der Waals surface area contributed by atoms with Crippen LogP contribution in [-0.4, -0.2) is 70.9 Å². The maximum Gasteiger partial charge on any atom is 0.225 e. The number of likely N-dealkylation sites (tertiary alicyclic amines) is 1. The molecule has 168 valence electrons. The number of rotatable bonds is 4. The summed E-state index contributed by atoms with van der Waals surface area (Å²) in [7, 11) is 0. The lowest BCUT2D eigenvalue weighted by Gasteiger charge is -2.35. The van der Waals surface area contributed by atoms with E-state index in [1.165, 1.54) is 56.4 Å². The van der Waals surface area contributed by atoms with Gasteiger partial charge >= 0.3 is 0 Å². The summed E-state index contributed by atoms with van der Waals surface area (Å²) in [5.74, 6) is 1.51. The molecule has 2 saturated heterocycles. The second kappa shape index (κ2) is 9.19. The van der Waals surface area contributed by atoms with Gasteiger partial charge in [0, 0.05) is 63.8 Å². The fourth-order valence-corrected chi connectivity index (χ4v) is 5.96. The molecule has 2 aromatic rings. The van der Waals surface area contributed by atoms with Crippen LogP contribution in [0.15, 0.2) is 24.7 Å². The molecule has 0 spiro atoms. The molecule has 0 aromatic carbocycles. The van der Waals surface area contributed by atoms with E-state index in [9.17, 15) is 4.79 Å². The van der Waals surface area contributed by atoms with Crippen molar-refractivity contribution in [3.8, 4) is 0 Å². The van der Waals surface area contributed by atoms with Crippen LogP contribution in [0, 0.1) is 18.8 Å². The van der Waals surface area contributed by atoms with Gasteiger partial charge in [0.25, 0.3) is 0 Å². The zero-order valence-corrected chi connectivity index (χ0v) is 19.0. The summed E-state index contributed by atoms with van der Waals surface area (Å²) in [6.07, 6.45) is 14.3. The van der Waals surface area contributed by atoms with Crippen LogP contribution in [0.5, 0.6) is 0 Å². The first kappa shape index (κ1) is 20.8. The second-order valence-corrected chi connectivity index (χ2v) is 9.90. The zero-order chi connectivity index (χ0) is 21.2. The minimum Gasteiger partial charge on any atom is -0.367 e. The third-order valence-corrected chi connectivity index (χ3v) is 7.79. The molecule has 2 aromatic heterocycles. The number of nitrogens with zero attached hydrogens (tertiary/aromatic N) is 5. The number of hydrogen-bond acceptors (Lipinski definition) is 4. The van der Waals surface area contributed by atoms with Gasteiger partial charge in [0.2, 0.25) is 5.91 Å². The van der Waals surface area contributed by atoms with Gasteiger partial charge in [-0.1, -0.05) is 12.8 Å². The van der Waals surface area contributed by atoms with E-state index in [-0.39, 0.29) is 0 Å². The van der Waals surface area contributed by atoms with Gasteiger partial charge < -0.3 is 19.1 Å². The smallest absolute Gasteiger partial charge is 0.225 e. The standard InChI is InChI=1S/C25H37N5O/c1-20-7-13-29-16-10-26-24(29)23(20)28-12-4-11-27(17-18-28)19-21-8-14-30(15-9-21)25(31)22-5-2-3-6-22/h7,10,13,16,21-22H,2-6,8-9,11-12,14-15,17-19H2,1H3. The molecule has 0 N–H and O–H groups in total. The predicted molar refractivity (Wildman–Crippen MR) is 124 cm³/mol. The van der Waals surface area contributed by atoms with Crippen molar-refractivity contribution in [2.45, 2.75) is 51.9 Å². The fraction of sp³-hybridized carbons (Fsp3) is 0.680. The lowest BCUT2D eigenvalue weighted by atomic mass is 9.94. The van der Waals surface area contributed by atoms with Crippen molar-refractivity contribution in [2.24, 2.45) is 11.8 Å². The van der Waals surface area contributed by atoms with Crippen LogP contribution >= 0.6 is 0 Å². The average Bonchev–Trinajstić information content (AvgIpc) is 3.44. The Hall–Kier alpha value is -2.08. The molecule has 1 saturated carbocycles. The van der Waals surface area contributed by atoms with E-state index in [2.05, 4.69) is 43.3 Å². The van der Waals surface area contributed by atoms with Crippen LogP contribution in [0.1, 0.15) is 50.5 Å². The third kappa shape index (κ3) is 4.45. The molecule has 5 rings (SSSR count). The summed E-state index contributed by atoms with van der Waals surface area (Å²) < 4.78 is 2.13. The molecule has 1 aliphatic carbocycles. The molecule has 2 aliphatic heterocycles. The topological polar surface area (TPSA) is 44.1 Å². The van der Waals surface area contributed by atoms with Crippen LogP contribution in [-0.2, 0) is 4.79 Å². The number of carbonyl (C=O) groups is 1. The number of amides is 1. The molecule has 31 heavy (non-hydrogen) atoms. The zero-order valence-electron chi connectivity index (χ0n) is 19.0. The molecule has 3 fully saturated rings. The first-order valence-electron chi connectivity index (χ1n) is 12.4. The lowest BCUT2D eigenvalue weighted by Crippen LogP contribution is -2.44. The lowest BCUT2D eigenvalue weighted by molar-refractivity contribution is -0.136. The molecule has 6 heteroatoms. The van der Waals surface area contributed by atoms with Gasteiger partial charge in [-0.05, 0) is 63.1 Å². The molecule has 0 bridgehead atoms. The van der Waals surface area contributed by atoms with Gasteiger partial charge in [0.1, 0.15) is 0 Å². The Bertz CT molecular complexity index is 894. The summed E-state index contributed by atoms with van der Waals surface area (Å²) in [6, 6.07) is 2.20. The van der Waals surface area contributed by atoms with Crippen molar-refractivity contribution in [1.82, 2.24) is 19.2 Å². The van der Waals surface area contributed by atoms with Crippen LogP contribution in [0.2, 0.25) is 0 Å². The molecule has 1 amide bonds. The highest BCUT2D eigenvalue weighted by atomic mass is 16.2. The van der Waals surface area contributed by atoms with Crippen LogP contribution in [0.4, 0.5) is 5.69 Å². The quantitative estimate of drug-likeness (QED) is 0.754. The number of aryl methyl sites for hydroxylation is 1. The normalized spacial score (nSPS) is 22.4. The van der Waals surface area contributed by atoms with Crippen LogP contribution in [0.25, 0.3) is 5.65 Å². The van der Waals surface area contributed by atoms with Crippen molar-refractivity contribution in [2.75, 3.05) is 50.7 Å². The highest BCUT2D eigenvalue weighted by molar-refractivity contribution is 5.79. The molecular weight excluding hydrogens is 386 g/mol. The minimum atomic E-state index is 0.330. The maximum atomic E-state index is 12.7. The van der Waals surface area contributed by atoms with E-state index < -0.39 is 0 Å². The number of anilines is 1. The van der Waals surface area contributed by atoms with E-state index in [1.807, 2.05) is 12.4 Å². The number of carbonyl (C=O) groups excluding carboxylic acids is 1. The summed E-state index contributed by atoms with van der Waals surface area (Å²) in [5, 5.41) is 0. The Labute approximate surface area is 186 Å².